The van der Waals surface area contributed by atoms with Gasteiger partial charge in [0, 0.05) is 0 Å². The number of alkyl halides is 1. The first-order valence-electron chi connectivity index (χ1n) is 15.6. The number of phenolic OH excluding ortho intramolecular Hbond substituents is 1. The Balaban J connectivity index is 1.44. The molecule has 41 heavy (non-hydrogen) atoms. The molecule has 2 atom stereocenters. The highest BCUT2D eigenvalue weighted by molar-refractivity contribution is 6.00. The van der Waals surface area contributed by atoms with Gasteiger partial charge in [-0.15, -0.1) is 0 Å². The average Bonchev–Trinajstić information content (AvgIpc) is 3.32. The van der Waals surface area contributed by atoms with E-state index in [1.807, 2.05) is 19.9 Å². The molecule has 3 nitrogen and oxygen atoms in total. The molecule has 1 saturated carbocycles. The molecule has 0 amide bonds. The van der Waals surface area contributed by atoms with E-state index >= 15 is 0 Å². The van der Waals surface area contributed by atoms with Gasteiger partial charge in [0.25, 0.3) is 0 Å². The van der Waals surface area contributed by atoms with Crippen molar-refractivity contribution in [1.82, 2.24) is 0 Å². The molecule has 0 saturated heterocycles. The predicted octanol–water partition coefficient (Wildman–Crippen LogP) is 9.78. The second-order valence-corrected chi connectivity index (χ2v) is 11.8. The van der Waals surface area contributed by atoms with Gasteiger partial charge in [0.1, 0.15) is 17.2 Å². The van der Waals surface area contributed by atoms with Gasteiger partial charge >= 0.3 is 0 Å². The van der Waals surface area contributed by atoms with Crippen molar-refractivity contribution in [1.29, 1.82) is 0 Å². The molecule has 4 heteroatoms. The van der Waals surface area contributed by atoms with E-state index in [9.17, 15) is 9.50 Å². The first-order chi connectivity index (χ1) is 20.0. The molecule has 0 aliphatic heterocycles. The number of halogens is 1. The van der Waals surface area contributed by atoms with Crippen molar-refractivity contribution in [3.63, 3.8) is 0 Å². The maximum Gasteiger partial charge on any atom is 0.119 e. The van der Waals surface area contributed by atoms with Gasteiger partial charge in [-0.1, -0.05) is 43.5 Å². The Morgan fingerprint density at radius 3 is 2.41 bits per heavy atom. The highest BCUT2D eigenvalue weighted by Gasteiger charge is 2.26. The topological polar surface area (TPSA) is 38.7 Å². The molecule has 3 aromatic rings. The highest BCUT2D eigenvalue weighted by atomic mass is 19.1. The van der Waals surface area contributed by atoms with E-state index in [1.165, 1.54) is 51.8 Å². The van der Waals surface area contributed by atoms with E-state index in [1.54, 1.807) is 0 Å². The first-order valence-corrected chi connectivity index (χ1v) is 15.6. The molecule has 218 valence electrons. The summed E-state index contributed by atoms with van der Waals surface area (Å²) in [4.78, 5) is 0. The van der Waals surface area contributed by atoms with Gasteiger partial charge < -0.3 is 14.6 Å². The monoisotopic (exact) mass is 556 g/mol. The number of unbranched alkanes of at least 4 members (excludes halogenated alkanes) is 2. The SMILES string of the molecule is CCOc1ccc(C2=C(c3ccc(O[C@H]4CCC(CCCCCF)C4)cc3)c3ccc(O)c(C)c3CCC2)c(C)c1. The number of hydrogen-bond donors (Lipinski definition) is 1. The van der Waals surface area contributed by atoms with E-state index < -0.39 is 0 Å². The zero-order chi connectivity index (χ0) is 28.8. The minimum absolute atomic E-state index is 0.196. The molecule has 0 heterocycles. The van der Waals surface area contributed by atoms with Crippen LogP contribution in [0.4, 0.5) is 4.39 Å². The quantitative estimate of drug-likeness (QED) is 0.239. The van der Waals surface area contributed by atoms with Crippen LogP contribution in [0, 0.1) is 19.8 Å². The molecule has 1 unspecified atom stereocenters. The summed E-state index contributed by atoms with van der Waals surface area (Å²) >= 11 is 0. The third-order valence-corrected chi connectivity index (χ3v) is 9.01. The van der Waals surface area contributed by atoms with Crippen LogP contribution in [0.15, 0.2) is 54.6 Å². The fourth-order valence-electron chi connectivity index (χ4n) is 6.86. The molecular weight excluding hydrogens is 511 g/mol. The smallest absolute Gasteiger partial charge is 0.119 e. The molecule has 0 spiro atoms. The van der Waals surface area contributed by atoms with Crippen LogP contribution in [0.1, 0.15) is 98.1 Å². The van der Waals surface area contributed by atoms with Gasteiger partial charge in [0.2, 0.25) is 0 Å². The minimum Gasteiger partial charge on any atom is -0.508 e. The van der Waals surface area contributed by atoms with Gasteiger partial charge in [-0.05, 0) is 146 Å². The number of benzene rings is 3. The maximum atomic E-state index is 12.4. The lowest BCUT2D eigenvalue weighted by molar-refractivity contribution is 0.203. The second-order valence-electron chi connectivity index (χ2n) is 11.8. The normalized spacial score (nSPS) is 18.7. The van der Waals surface area contributed by atoms with Crippen LogP contribution in [0.3, 0.4) is 0 Å². The molecule has 0 radical (unpaired) electrons. The highest BCUT2D eigenvalue weighted by Crippen LogP contribution is 2.43. The van der Waals surface area contributed by atoms with Crippen molar-refractivity contribution in [2.75, 3.05) is 13.3 Å². The fourth-order valence-corrected chi connectivity index (χ4v) is 6.86. The standard InChI is InChI=1S/C37H45FO3/c1-4-40-30-18-19-32(25(2)23-30)34-11-8-10-33-26(3)36(39)21-20-35(33)37(34)28-13-16-29(17-14-28)41-31-15-12-27(24-31)9-6-5-7-22-38/h13-14,16-21,23,27,31,39H,4-12,15,22,24H2,1-3H3/t27?,31-/m0/s1. The lowest BCUT2D eigenvalue weighted by Gasteiger charge is -2.20. The zero-order valence-corrected chi connectivity index (χ0v) is 25.0. The summed E-state index contributed by atoms with van der Waals surface area (Å²) in [6.45, 7) is 6.67. The maximum absolute atomic E-state index is 12.4. The van der Waals surface area contributed by atoms with Crippen molar-refractivity contribution >= 4 is 11.1 Å². The molecule has 5 rings (SSSR count). The van der Waals surface area contributed by atoms with E-state index in [4.69, 9.17) is 9.47 Å². The summed E-state index contributed by atoms with van der Waals surface area (Å²) in [5.41, 5.74) is 9.65. The van der Waals surface area contributed by atoms with Crippen LogP contribution < -0.4 is 9.47 Å². The van der Waals surface area contributed by atoms with Crippen molar-refractivity contribution in [2.24, 2.45) is 5.92 Å². The van der Waals surface area contributed by atoms with Gasteiger partial charge in [-0.3, -0.25) is 4.39 Å². The summed E-state index contributed by atoms with van der Waals surface area (Å²) in [6, 6.07) is 19.0. The van der Waals surface area contributed by atoms with E-state index in [0.29, 0.717) is 24.7 Å². The first kappa shape index (κ1) is 29.2. The van der Waals surface area contributed by atoms with E-state index in [2.05, 4.69) is 55.5 Å². The Labute approximate surface area is 245 Å². The van der Waals surface area contributed by atoms with Crippen molar-refractivity contribution in [2.45, 2.75) is 91.1 Å². The summed E-state index contributed by atoms with van der Waals surface area (Å²) in [5.74, 6) is 2.89. The van der Waals surface area contributed by atoms with Gasteiger partial charge in [-0.2, -0.15) is 0 Å². The van der Waals surface area contributed by atoms with Crippen LogP contribution >= 0.6 is 0 Å². The Bertz CT molecular complexity index is 1360. The van der Waals surface area contributed by atoms with Gasteiger partial charge in [0.15, 0.2) is 0 Å². The second kappa shape index (κ2) is 13.6. The number of hydrogen-bond acceptors (Lipinski definition) is 3. The van der Waals surface area contributed by atoms with Crippen LogP contribution in [0.5, 0.6) is 17.2 Å². The number of allylic oxidation sites excluding steroid dienone is 1. The van der Waals surface area contributed by atoms with Crippen molar-refractivity contribution < 1.29 is 19.0 Å². The zero-order valence-electron chi connectivity index (χ0n) is 25.0. The summed E-state index contributed by atoms with van der Waals surface area (Å²) in [7, 11) is 0. The molecule has 0 aromatic heterocycles. The molecule has 0 bridgehead atoms. The molecule has 2 aliphatic rings. The molecule has 2 aliphatic carbocycles. The Morgan fingerprint density at radius 2 is 1.66 bits per heavy atom. The number of aromatic hydroxyl groups is 1. The molecule has 3 aromatic carbocycles. The van der Waals surface area contributed by atoms with Crippen LogP contribution in [0.25, 0.3) is 11.1 Å². The lowest BCUT2D eigenvalue weighted by Crippen LogP contribution is -2.12. The largest absolute Gasteiger partial charge is 0.508 e. The summed E-state index contributed by atoms with van der Waals surface area (Å²) < 4.78 is 24.6. The third kappa shape index (κ3) is 6.80. The van der Waals surface area contributed by atoms with Crippen molar-refractivity contribution in [3.05, 3.63) is 88.0 Å². The van der Waals surface area contributed by atoms with Crippen LogP contribution in [-0.4, -0.2) is 24.5 Å². The third-order valence-electron chi connectivity index (χ3n) is 9.01. The number of rotatable bonds is 11. The van der Waals surface area contributed by atoms with Gasteiger partial charge in [0.05, 0.1) is 19.4 Å². The number of phenols is 1. The average molecular weight is 557 g/mol. The fraction of sp³-hybridized carbons (Fsp3) is 0.459. The number of ether oxygens (including phenoxy) is 2. The van der Waals surface area contributed by atoms with Crippen molar-refractivity contribution in [3.8, 4) is 17.2 Å². The predicted molar refractivity (Wildman–Crippen MR) is 167 cm³/mol. The molecular formula is C37H45FO3. The molecule has 1 fully saturated rings. The van der Waals surface area contributed by atoms with E-state index in [0.717, 1.165) is 62.0 Å². The van der Waals surface area contributed by atoms with Crippen LogP contribution in [-0.2, 0) is 6.42 Å². The lowest BCUT2D eigenvalue weighted by atomic mass is 9.85. The van der Waals surface area contributed by atoms with Gasteiger partial charge in [-0.25, -0.2) is 0 Å². The Kier molecular flexibility index (Phi) is 9.69. The van der Waals surface area contributed by atoms with E-state index in [-0.39, 0.29) is 12.8 Å². The Hall–Kier alpha value is -3.27. The van der Waals surface area contributed by atoms with Crippen LogP contribution in [0.2, 0.25) is 0 Å². The molecule has 1 N–H and O–H groups in total. The minimum atomic E-state index is -0.196. The Morgan fingerprint density at radius 1 is 0.878 bits per heavy atom. The summed E-state index contributed by atoms with van der Waals surface area (Å²) in [6.07, 6.45) is 10.6. The number of fused-ring (bicyclic) bond motifs is 1. The summed E-state index contributed by atoms with van der Waals surface area (Å²) in [5, 5.41) is 10.5. The number of aryl methyl sites for hydroxylation is 1.